The summed E-state index contributed by atoms with van der Waals surface area (Å²) in [5.74, 6) is 0.274. The Morgan fingerprint density at radius 2 is 2.05 bits per heavy atom. The van der Waals surface area contributed by atoms with E-state index in [1.54, 1.807) is 12.1 Å². The van der Waals surface area contributed by atoms with Gasteiger partial charge in [0.05, 0.1) is 6.10 Å². The van der Waals surface area contributed by atoms with Gasteiger partial charge < -0.3 is 20.4 Å². The molecule has 1 fully saturated rings. The van der Waals surface area contributed by atoms with E-state index < -0.39 is 0 Å². The number of nitrogens with one attached hydrogen (secondary N) is 1. The van der Waals surface area contributed by atoms with Crippen LogP contribution in [-0.4, -0.2) is 47.4 Å². The van der Waals surface area contributed by atoms with Gasteiger partial charge in [0.15, 0.2) is 0 Å². The number of hydrogen-bond donors (Lipinski definition) is 3. The Hall–Kier alpha value is -0.810. The van der Waals surface area contributed by atoms with E-state index in [-0.39, 0.29) is 11.9 Å². The molecular formula is C15H23ClN2O2. The van der Waals surface area contributed by atoms with Crippen molar-refractivity contribution in [2.45, 2.75) is 32.4 Å². The molecule has 1 atom stereocenters. The second-order valence-electron chi connectivity index (χ2n) is 5.52. The number of phenols is 1. The van der Waals surface area contributed by atoms with E-state index >= 15 is 0 Å². The fourth-order valence-electron chi connectivity index (χ4n) is 2.64. The number of halogens is 1. The van der Waals surface area contributed by atoms with Crippen LogP contribution in [0.2, 0.25) is 5.02 Å². The van der Waals surface area contributed by atoms with E-state index in [1.807, 2.05) is 6.92 Å². The molecule has 0 aliphatic carbocycles. The van der Waals surface area contributed by atoms with Gasteiger partial charge in [0.2, 0.25) is 0 Å². The van der Waals surface area contributed by atoms with Crippen molar-refractivity contribution in [3.63, 3.8) is 0 Å². The molecule has 0 spiro atoms. The van der Waals surface area contributed by atoms with E-state index in [0.717, 1.165) is 24.2 Å². The van der Waals surface area contributed by atoms with Gasteiger partial charge in [-0.05, 0) is 50.6 Å². The van der Waals surface area contributed by atoms with Crippen LogP contribution in [0.5, 0.6) is 5.75 Å². The van der Waals surface area contributed by atoms with Gasteiger partial charge in [-0.2, -0.15) is 0 Å². The average molecular weight is 299 g/mol. The molecule has 1 heterocycles. The van der Waals surface area contributed by atoms with E-state index in [2.05, 4.69) is 10.2 Å². The summed E-state index contributed by atoms with van der Waals surface area (Å²) in [6.07, 6.45) is 2.08. The summed E-state index contributed by atoms with van der Waals surface area (Å²) in [5, 5.41) is 23.7. The SMILES string of the molecule is Cc1cc(Cl)cc(CNCC(O)CN2CCCC2)c1O. The summed E-state index contributed by atoms with van der Waals surface area (Å²) in [7, 11) is 0. The largest absolute Gasteiger partial charge is 0.507 e. The lowest BCUT2D eigenvalue weighted by Crippen LogP contribution is -2.36. The molecule has 1 saturated heterocycles. The molecule has 0 amide bonds. The van der Waals surface area contributed by atoms with Crippen molar-refractivity contribution >= 4 is 11.6 Å². The molecule has 2 rings (SSSR count). The van der Waals surface area contributed by atoms with E-state index in [9.17, 15) is 10.2 Å². The zero-order valence-electron chi connectivity index (χ0n) is 11.9. The normalized spacial score (nSPS) is 17.6. The first kappa shape index (κ1) is 15.6. The third kappa shape index (κ3) is 4.35. The van der Waals surface area contributed by atoms with Gasteiger partial charge in [0.25, 0.3) is 0 Å². The number of aliphatic hydroxyl groups is 1. The zero-order chi connectivity index (χ0) is 14.5. The minimum Gasteiger partial charge on any atom is -0.507 e. The van der Waals surface area contributed by atoms with Gasteiger partial charge in [0.1, 0.15) is 5.75 Å². The molecule has 1 aromatic carbocycles. The Bertz CT molecular complexity index is 448. The summed E-state index contributed by atoms with van der Waals surface area (Å²) < 4.78 is 0. The summed E-state index contributed by atoms with van der Waals surface area (Å²) in [5.41, 5.74) is 1.54. The molecule has 1 aromatic rings. The van der Waals surface area contributed by atoms with Gasteiger partial charge in [0, 0.05) is 30.2 Å². The molecule has 0 saturated carbocycles. The lowest BCUT2D eigenvalue weighted by atomic mass is 10.1. The topological polar surface area (TPSA) is 55.7 Å². The number of aliphatic hydroxyl groups excluding tert-OH is 1. The highest BCUT2D eigenvalue weighted by atomic mass is 35.5. The summed E-state index contributed by atoms with van der Waals surface area (Å²) in [4.78, 5) is 2.29. The van der Waals surface area contributed by atoms with Crippen LogP contribution < -0.4 is 5.32 Å². The highest BCUT2D eigenvalue weighted by molar-refractivity contribution is 6.30. The van der Waals surface area contributed by atoms with Crippen molar-refractivity contribution in [3.05, 3.63) is 28.3 Å². The Balaban J connectivity index is 1.77. The fraction of sp³-hybridized carbons (Fsp3) is 0.600. The van der Waals surface area contributed by atoms with Gasteiger partial charge in [-0.15, -0.1) is 0 Å². The standard InChI is InChI=1S/C15H23ClN2O2/c1-11-6-13(16)7-12(15(11)20)8-17-9-14(19)10-18-4-2-3-5-18/h6-7,14,17,19-20H,2-5,8-10H2,1H3. The van der Waals surface area contributed by atoms with Crippen LogP contribution in [0.25, 0.3) is 0 Å². The van der Waals surface area contributed by atoms with Crippen LogP contribution in [0.3, 0.4) is 0 Å². The third-order valence-corrected chi connectivity index (χ3v) is 3.93. The molecule has 0 aromatic heterocycles. The molecule has 1 unspecified atom stereocenters. The van der Waals surface area contributed by atoms with Crippen molar-refractivity contribution in [1.82, 2.24) is 10.2 Å². The van der Waals surface area contributed by atoms with Crippen LogP contribution in [0.4, 0.5) is 0 Å². The second kappa shape index (κ2) is 7.27. The van der Waals surface area contributed by atoms with E-state index in [4.69, 9.17) is 11.6 Å². The van der Waals surface area contributed by atoms with Gasteiger partial charge in [-0.25, -0.2) is 0 Å². The van der Waals surface area contributed by atoms with Gasteiger partial charge in [-0.3, -0.25) is 0 Å². The molecule has 1 aliphatic rings. The molecule has 20 heavy (non-hydrogen) atoms. The molecular weight excluding hydrogens is 276 g/mol. The summed E-state index contributed by atoms with van der Waals surface area (Å²) in [6.45, 7) is 5.74. The smallest absolute Gasteiger partial charge is 0.123 e. The number of aryl methyl sites for hydroxylation is 1. The third-order valence-electron chi connectivity index (χ3n) is 3.71. The van der Waals surface area contributed by atoms with Crippen LogP contribution in [0.1, 0.15) is 24.0 Å². The maximum atomic E-state index is 9.97. The number of phenolic OH excluding ortho intramolecular Hbond substituents is 1. The molecule has 112 valence electrons. The maximum Gasteiger partial charge on any atom is 0.123 e. The Labute approximate surface area is 125 Å². The van der Waals surface area contributed by atoms with Crippen LogP contribution >= 0.6 is 11.6 Å². The molecule has 0 radical (unpaired) electrons. The van der Waals surface area contributed by atoms with E-state index in [0.29, 0.717) is 24.7 Å². The highest BCUT2D eigenvalue weighted by Crippen LogP contribution is 2.26. The van der Waals surface area contributed by atoms with Crippen LogP contribution in [-0.2, 0) is 6.54 Å². The predicted molar refractivity (Wildman–Crippen MR) is 81.2 cm³/mol. The lowest BCUT2D eigenvalue weighted by Gasteiger charge is -2.19. The van der Waals surface area contributed by atoms with Gasteiger partial charge >= 0.3 is 0 Å². The molecule has 5 heteroatoms. The van der Waals surface area contributed by atoms with Crippen molar-refractivity contribution in [3.8, 4) is 5.75 Å². The minimum atomic E-state index is -0.379. The molecule has 3 N–H and O–H groups in total. The summed E-state index contributed by atoms with van der Waals surface area (Å²) in [6, 6.07) is 3.49. The zero-order valence-corrected chi connectivity index (χ0v) is 12.7. The number of nitrogens with zero attached hydrogens (tertiary/aromatic N) is 1. The predicted octanol–water partition coefficient (Wildman–Crippen LogP) is 1.90. The first-order valence-electron chi connectivity index (χ1n) is 7.15. The van der Waals surface area contributed by atoms with Crippen molar-refractivity contribution in [2.75, 3.05) is 26.2 Å². The molecule has 1 aliphatic heterocycles. The number of rotatable bonds is 6. The van der Waals surface area contributed by atoms with Crippen LogP contribution in [0.15, 0.2) is 12.1 Å². The average Bonchev–Trinajstić information content (AvgIpc) is 2.87. The number of likely N-dealkylation sites (tertiary alicyclic amines) is 1. The molecule has 4 nitrogen and oxygen atoms in total. The maximum absolute atomic E-state index is 9.97. The fourth-order valence-corrected chi connectivity index (χ4v) is 2.94. The first-order chi connectivity index (χ1) is 9.56. The monoisotopic (exact) mass is 298 g/mol. The van der Waals surface area contributed by atoms with Gasteiger partial charge in [-0.1, -0.05) is 11.6 Å². The number of hydrogen-bond acceptors (Lipinski definition) is 4. The second-order valence-corrected chi connectivity index (χ2v) is 5.96. The Morgan fingerprint density at radius 1 is 1.35 bits per heavy atom. The minimum absolute atomic E-state index is 0.274. The summed E-state index contributed by atoms with van der Waals surface area (Å²) >= 11 is 5.98. The van der Waals surface area contributed by atoms with Crippen molar-refractivity contribution in [2.24, 2.45) is 0 Å². The lowest BCUT2D eigenvalue weighted by molar-refractivity contribution is 0.123. The van der Waals surface area contributed by atoms with Crippen molar-refractivity contribution in [1.29, 1.82) is 0 Å². The number of benzene rings is 1. The number of β-amino-alcohol motifs (C(OH)–C–C–N with tert-alkyl or cyclic N) is 1. The highest BCUT2D eigenvalue weighted by Gasteiger charge is 2.15. The Morgan fingerprint density at radius 3 is 2.75 bits per heavy atom. The van der Waals surface area contributed by atoms with Crippen LogP contribution in [0, 0.1) is 6.92 Å². The Kier molecular flexibility index (Phi) is 5.66. The number of aromatic hydroxyl groups is 1. The van der Waals surface area contributed by atoms with E-state index in [1.165, 1.54) is 12.8 Å². The van der Waals surface area contributed by atoms with Crippen molar-refractivity contribution < 1.29 is 10.2 Å². The quantitative estimate of drug-likeness (QED) is 0.751. The first-order valence-corrected chi connectivity index (χ1v) is 7.53. The molecule has 0 bridgehead atoms.